The third-order valence-electron chi connectivity index (χ3n) is 7.55. The second-order valence-corrected chi connectivity index (χ2v) is 10.00. The Kier molecular flexibility index (Phi) is 6.46. The van der Waals surface area contributed by atoms with Crippen LogP contribution in [-0.2, 0) is 6.54 Å². The molecule has 3 fully saturated rings. The Morgan fingerprint density at radius 2 is 2.15 bits per heavy atom. The molecule has 2 heterocycles. The first kappa shape index (κ1) is 22.7. The number of hydrogen-bond acceptors (Lipinski definition) is 5. The van der Waals surface area contributed by atoms with Gasteiger partial charge in [0.2, 0.25) is 0 Å². The van der Waals surface area contributed by atoms with Gasteiger partial charge in [0.15, 0.2) is 0 Å². The lowest BCUT2D eigenvalue weighted by atomic mass is 9.87. The molecule has 7 heteroatoms. The van der Waals surface area contributed by atoms with Gasteiger partial charge in [-0.05, 0) is 80.0 Å². The molecule has 34 heavy (non-hydrogen) atoms. The number of nitrogens with zero attached hydrogens (tertiary/aromatic N) is 3. The topological polar surface area (TPSA) is 83.2 Å². The van der Waals surface area contributed by atoms with E-state index >= 15 is 0 Å². The Balaban J connectivity index is 1.32. The van der Waals surface area contributed by atoms with Crippen molar-refractivity contribution < 1.29 is 9.53 Å². The highest BCUT2D eigenvalue weighted by Gasteiger charge is 2.51. The number of piperidine rings is 1. The molecule has 1 unspecified atom stereocenters. The van der Waals surface area contributed by atoms with Crippen LogP contribution < -0.4 is 15.9 Å². The number of carbonyl (C=O) groups excluding carboxylic acids is 1. The average Bonchev–Trinajstić information content (AvgIpc) is 3.66. The number of hydrazone groups is 1. The molecule has 1 aromatic carbocycles. The zero-order valence-corrected chi connectivity index (χ0v) is 19.8. The van der Waals surface area contributed by atoms with Crippen molar-refractivity contribution in [2.24, 2.45) is 16.9 Å². The Labute approximate surface area is 202 Å². The summed E-state index contributed by atoms with van der Waals surface area (Å²) in [5, 5.41) is 7.04. The Hall–Kier alpha value is -3.06. The van der Waals surface area contributed by atoms with E-state index in [4.69, 9.17) is 10.6 Å². The lowest BCUT2D eigenvalue weighted by Crippen LogP contribution is -2.53. The molecule has 1 spiro atoms. The van der Waals surface area contributed by atoms with Crippen LogP contribution in [0.15, 0.2) is 65.3 Å². The fourth-order valence-electron chi connectivity index (χ4n) is 5.30. The van der Waals surface area contributed by atoms with E-state index in [9.17, 15) is 4.79 Å². The molecule has 1 atom stereocenters. The summed E-state index contributed by atoms with van der Waals surface area (Å²) in [4.78, 5) is 18.0. The lowest BCUT2D eigenvalue weighted by molar-refractivity contribution is 0.119. The van der Waals surface area contributed by atoms with E-state index in [1.165, 1.54) is 12.8 Å². The highest BCUT2D eigenvalue weighted by Crippen LogP contribution is 2.38. The predicted octanol–water partition coefficient (Wildman–Crippen LogP) is 3.59. The van der Waals surface area contributed by atoms with Crippen LogP contribution in [0.5, 0.6) is 5.75 Å². The summed E-state index contributed by atoms with van der Waals surface area (Å²) in [7, 11) is 0. The number of benzene rings is 1. The number of amides is 2. The molecule has 0 aromatic heterocycles. The van der Waals surface area contributed by atoms with E-state index in [0.29, 0.717) is 12.5 Å². The first-order valence-corrected chi connectivity index (χ1v) is 12.4. The number of rotatable bonds is 8. The molecule has 2 aliphatic heterocycles. The molecule has 0 bridgehead atoms. The zero-order valence-electron chi connectivity index (χ0n) is 19.8. The maximum absolute atomic E-state index is 13.8. The lowest BCUT2D eigenvalue weighted by Gasteiger charge is -2.40. The van der Waals surface area contributed by atoms with E-state index in [2.05, 4.69) is 51.1 Å². The van der Waals surface area contributed by atoms with E-state index in [-0.39, 0.29) is 17.6 Å². The molecule has 7 nitrogen and oxygen atoms in total. The number of urea groups is 1. The summed E-state index contributed by atoms with van der Waals surface area (Å²) in [5.74, 6) is 6.89. The van der Waals surface area contributed by atoms with Gasteiger partial charge in [-0.1, -0.05) is 36.9 Å². The molecule has 2 saturated heterocycles. The molecule has 3 N–H and O–H groups in total. The van der Waals surface area contributed by atoms with Gasteiger partial charge in [0.25, 0.3) is 0 Å². The molecule has 2 aliphatic carbocycles. The fourth-order valence-corrected chi connectivity index (χ4v) is 5.30. The second kappa shape index (κ2) is 9.66. The molecule has 4 aliphatic rings. The van der Waals surface area contributed by atoms with Crippen LogP contribution >= 0.6 is 0 Å². The van der Waals surface area contributed by atoms with Gasteiger partial charge in [-0.3, -0.25) is 0 Å². The SMILES string of the molecule is C=C(/C=N\N)C1=CCC(N2CC3(CCNCC3)N(Cc3cccc(OCC4CC4)c3)C2=O)C=C1. The standard InChI is InChI=1S/C27H35N5O2/c1-20(16-30-28)23-7-9-24(10-8-23)31-19-27(11-13-29-14-12-27)32(26(31)33)17-22-3-2-4-25(15-22)34-18-21-5-6-21/h2-4,7-9,15-16,21,24,29H,1,5-6,10-14,17-19,28H2/b30-16-. The summed E-state index contributed by atoms with van der Waals surface area (Å²) in [6, 6.07) is 8.44. The number of ether oxygens (including phenoxy) is 1. The molecule has 5 rings (SSSR count). The minimum Gasteiger partial charge on any atom is -0.493 e. The Morgan fingerprint density at radius 3 is 2.85 bits per heavy atom. The first-order chi connectivity index (χ1) is 16.6. The normalized spacial score (nSPS) is 24.2. The van der Waals surface area contributed by atoms with E-state index in [1.807, 2.05) is 18.2 Å². The first-order valence-electron chi connectivity index (χ1n) is 12.4. The van der Waals surface area contributed by atoms with Crippen LogP contribution in [-0.4, -0.2) is 59.9 Å². The molecular weight excluding hydrogens is 426 g/mol. The monoisotopic (exact) mass is 461 g/mol. The van der Waals surface area contributed by atoms with Crippen LogP contribution in [0.4, 0.5) is 4.79 Å². The van der Waals surface area contributed by atoms with Gasteiger partial charge < -0.3 is 25.7 Å². The predicted molar refractivity (Wildman–Crippen MR) is 135 cm³/mol. The van der Waals surface area contributed by atoms with Gasteiger partial charge >= 0.3 is 6.03 Å². The van der Waals surface area contributed by atoms with Crippen molar-refractivity contribution in [2.75, 3.05) is 26.2 Å². The van der Waals surface area contributed by atoms with Crippen molar-refractivity contribution in [3.63, 3.8) is 0 Å². The van der Waals surface area contributed by atoms with Crippen molar-refractivity contribution in [3.8, 4) is 5.75 Å². The minimum absolute atomic E-state index is 0.0452. The van der Waals surface area contributed by atoms with Gasteiger partial charge in [-0.25, -0.2) is 4.79 Å². The molecule has 1 aromatic rings. The molecule has 0 radical (unpaired) electrons. The van der Waals surface area contributed by atoms with E-state index < -0.39 is 0 Å². The third-order valence-corrected chi connectivity index (χ3v) is 7.55. The average molecular weight is 462 g/mol. The van der Waals surface area contributed by atoms with Crippen LogP contribution in [0.1, 0.15) is 37.7 Å². The summed E-state index contributed by atoms with van der Waals surface area (Å²) in [5.41, 5.74) is 2.78. The van der Waals surface area contributed by atoms with E-state index in [1.54, 1.807) is 6.21 Å². The maximum Gasteiger partial charge on any atom is 0.321 e. The highest BCUT2D eigenvalue weighted by molar-refractivity contribution is 5.85. The number of nitrogens with two attached hydrogens (primary N) is 1. The number of allylic oxidation sites excluding steroid dienone is 3. The second-order valence-electron chi connectivity index (χ2n) is 10.00. The number of nitrogens with one attached hydrogen (secondary N) is 1. The van der Waals surface area contributed by atoms with Gasteiger partial charge in [0, 0.05) is 13.1 Å². The van der Waals surface area contributed by atoms with Crippen LogP contribution in [0, 0.1) is 5.92 Å². The quantitative estimate of drug-likeness (QED) is 0.352. The van der Waals surface area contributed by atoms with Crippen molar-refractivity contribution >= 4 is 12.2 Å². The largest absolute Gasteiger partial charge is 0.493 e. The molecule has 1 saturated carbocycles. The minimum atomic E-state index is -0.138. The fraction of sp³-hybridized carbons (Fsp3) is 0.481. The van der Waals surface area contributed by atoms with Gasteiger partial charge in [0.1, 0.15) is 5.75 Å². The Bertz CT molecular complexity index is 1020. The number of carbonyl (C=O) groups is 1. The summed E-state index contributed by atoms with van der Waals surface area (Å²) in [6.07, 6.45) is 13.1. The number of hydrogen-bond donors (Lipinski definition) is 2. The van der Waals surface area contributed by atoms with Crippen LogP contribution in [0.25, 0.3) is 0 Å². The zero-order chi connectivity index (χ0) is 23.5. The summed E-state index contributed by atoms with van der Waals surface area (Å²) in [6.45, 7) is 8.04. The molecular formula is C27H35N5O2. The maximum atomic E-state index is 13.8. The molecule has 2 amide bonds. The van der Waals surface area contributed by atoms with Gasteiger partial charge in [-0.2, -0.15) is 5.10 Å². The summed E-state index contributed by atoms with van der Waals surface area (Å²) >= 11 is 0. The van der Waals surface area contributed by atoms with Crippen LogP contribution in [0.2, 0.25) is 0 Å². The summed E-state index contributed by atoms with van der Waals surface area (Å²) < 4.78 is 6.00. The molecule has 180 valence electrons. The van der Waals surface area contributed by atoms with Crippen molar-refractivity contribution in [2.45, 2.75) is 50.2 Å². The van der Waals surface area contributed by atoms with Gasteiger partial charge in [-0.15, -0.1) is 0 Å². The van der Waals surface area contributed by atoms with Gasteiger partial charge in [0.05, 0.1) is 24.4 Å². The van der Waals surface area contributed by atoms with Crippen LogP contribution in [0.3, 0.4) is 0 Å². The smallest absolute Gasteiger partial charge is 0.321 e. The van der Waals surface area contributed by atoms with E-state index in [0.717, 1.165) is 68.0 Å². The van der Waals surface area contributed by atoms with Crippen molar-refractivity contribution in [3.05, 3.63) is 65.8 Å². The van der Waals surface area contributed by atoms with Crippen molar-refractivity contribution in [1.29, 1.82) is 0 Å². The van der Waals surface area contributed by atoms with Crippen molar-refractivity contribution in [1.82, 2.24) is 15.1 Å². The Morgan fingerprint density at radius 1 is 1.32 bits per heavy atom. The highest BCUT2D eigenvalue weighted by atomic mass is 16.5. The third kappa shape index (κ3) is 4.75.